The summed E-state index contributed by atoms with van der Waals surface area (Å²) < 4.78 is 5.26. The minimum Gasteiger partial charge on any atom is -0.464 e. The third-order valence-electron chi connectivity index (χ3n) is 2.80. The molecule has 0 amide bonds. The fourth-order valence-electron chi connectivity index (χ4n) is 1.95. The summed E-state index contributed by atoms with van der Waals surface area (Å²) in [6, 6.07) is 9.81. The van der Waals surface area contributed by atoms with Gasteiger partial charge < -0.3 is 15.8 Å². The molecule has 0 aliphatic carbocycles. The van der Waals surface area contributed by atoms with Gasteiger partial charge in [0.1, 0.15) is 0 Å². The molecule has 7 nitrogen and oxygen atoms in total. The molecule has 0 saturated carbocycles. The summed E-state index contributed by atoms with van der Waals surface area (Å²) in [4.78, 5) is 16.4. The molecule has 0 unspecified atom stereocenters. The van der Waals surface area contributed by atoms with Crippen molar-refractivity contribution in [1.82, 2.24) is 19.9 Å². The predicted octanol–water partition coefficient (Wildman–Crippen LogP) is 2.14. The molecule has 0 spiro atoms. The van der Waals surface area contributed by atoms with Gasteiger partial charge in [0.25, 0.3) is 0 Å². The van der Waals surface area contributed by atoms with Gasteiger partial charge in [-0.15, -0.1) is 0 Å². The van der Waals surface area contributed by atoms with Gasteiger partial charge in [-0.2, -0.15) is 15.0 Å². The maximum Gasteiger partial charge on any atom is 0.323 e. The number of nitrogens with zero attached hydrogens (tertiary/aromatic N) is 4. The van der Waals surface area contributed by atoms with Crippen LogP contribution >= 0.6 is 0 Å². The maximum absolute atomic E-state index is 5.66. The highest BCUT2D eigenvalue weighted by molar-refractivity contribution is 5.92. The zero-order valence-electron chi connectivity index (χ0n) is 11.4. The number of hydrogen-bond donors (Lipinski definition) is 2. The molecule has 0 aliphatic heterocycles. The second-order valence-corrected chi connectivity index (χ2v) is 4.23. The standard InChI is InChI=1S/C14H14N6O/c1-2-21-14-19-12(15)18-13(20-14)17-11-7-3-6-10-9(11)5-4-8-16-10/h3-8H,2H2,1H3,(H3,15,17,18,19,20). The molecule has 21 heavy (non-hydrogen) atoms. The Bertz CT molecular complexity index is 771. The van der Waals surface area contributed by atoms with E-state index in [0.29, 0.717) is 12.6 Å². The van der Waals surface area contributed by atoms with Crippen molar-refractivity contribution in [3.8, 4) is 6.01 Å². The van der Waals surface area contributed by atoms with E-state index in [4.69, 9.17) is 10.5 Å². The Morgan fingerprint density at radius 3 is 2.90 bits per heavy atom. The average molecular weight is 282 g/mol. The molecule has 0 radical (unpaired) electrons. The highest BCUT2D eigenvalue weighted by Crippen LogP contribution is 2.24. The van der Waals surface area contributed by atoms with E-state index in [1.54, 1.807) is 6.20 Å². The van der Waals surface area contributed by atoms with E-state index in [0.717, 1.165) is 16.6 Å². The minimum atomic E-state index is 0.106. The predicted molar refractivity (Wildman–Crippen MR) is 80.4 cm³/mol. The summed E-state index contributed by atoms with van der Waals surface area (Å²) in [5.74, 6) is 0.441. The van der Waals surface area contributed by atoms with Gasteiger partial charge in [0, 0.05) is 11.6 Å². The van der Waals surface area contributed by atoms with Crippen LogP contribution in [0.3, 0.4) is 0 Å². The van der Waals surface area contributed by atoms with Crippen LogP contribution in [0.5, 0.6) is 6.01 Å². The molecular formula is C14H14N6O. The summed E-state index contributed by atoms with van der Waals surface area (Å²) in [7, 11) is 0. The molecule has 3 aromatic rings. The lowest BCUT2D eigenvalue weighted by atomic mass is 10.2. The zero-order chi connectivity index (χ0) is 14.7. The zero-order valence-corrected chi connectivity index (χ0v) is 11.4. The van der Waals surface area contributed by atoms with Crippen molar-refractivity contribution < 1.29 is 4.74 Å². The Morgan fingerprint density at radius 1 is 1.14 bits per heavy atom. The third-order valence-corrected chi connectivity index (χ3v) is 2.80. The van der Waals surface area contributed by atoms with Crippen LogP contribution in [0.1, 0.15) is 6.92 Å². The summed E-state index contributed by atoms with van der Waals surface area (Å²) in [5.41, 5.74) is 7.39. The molecule has 7 heteroatoms. The van der Waals surface area contributed by atoms with Crippen LogP contribution in [0.25, 0.3) is 10.9 Å². The molecule has 0 saturated heterocycles. The Balaban J connectivity index is 1.98. The fraction of sp³-hybridized carbons (Fsp3) is 0.143. The molecule has 2 heterocycles. The lowest BCUT2D eigenvalue weighted by molar-refractivity contribution is 0.312. The molecular weight excluding hydrogens is 268 g/mol. The van der Waals surface area contributed by atoms with Crippen molar-refractivity contribution in [3.05, 3.63) is 36.5 Å². The van der Waals surface area contributed by atoms with Crippen LogP contribution in [-0.4, -0.2) is 26.5 Å². The number of anilines is 3. The van der Waals surface area contributed by atoms with E-state index in [9.17, 15) is 0 Å². The number of benzene rings is 1. The topological polar surface area (TPSA) is 98.8 Å². The SMILES string of the molecule is CCOc1nc(N)nc(Nc2cccc3ncccc23)n1. The van der Waals surface area contributed by atoms with Crippen molar-refractivity contribution in [2.45, 2.75) is 6.92 Å². The van der Waals surface area contributed by atoms with E-state index >= 15 is 0 Å². The number of pyridine rings is 1. The van der Waals surface area contributed by atoms with E-state index in [1.807, 2.05) is 37.3 Å². The van der Waals surface area contributed by atoms with Crippen LogP contribution in [0.2, 0.25) is 0 Å². The van der Waals surface area contributed by atoms with Gasteiger partial charge in [-0.3, -0.25) is 4.98 Å². The van der Waals surface area contributed by atoms with Crippen molar-refractivity contribution in [2.75, 3.05) is 17.7 Å². The minimum absolute atomic E-state index is 0.106. The van der Waals surface area contributed by atoms with Gasteiger partial charge in [0.15, 0.2) is 0 Å². The smallest absolute Gasteiger partial charge is 0.323 e. The molecule has 2 aromatic heterocycles. The van der Waals surface area contributed by atoms with E-state index < -0.39 is 0 Å². The molecule has 0 atom stereocenters. The second kappa shape index (κ2) is 5.58. The van der Waals surface area contributed by atoms with Gasteiger partial charge in [0.2, 0.25) is 11.9 Å². The third kappa shape index (κ3) is 2.81. The fourth-order valence-corrected chi connectivity index (χ4v) is 1.95. The van der Waals surface area contributed by atoms with E-state index in [2.05, 4.69) is 25.3 Å². The van der Waals surface area contributed by atoms with E-state index in [1.165, 1.54) is 0 Å². The number of hydrogen-bond acceptors (Lipinski definition) is 7. The number of nitrogens with one attached hydrogen (secondary N) is 1. The first kappa shape index (κ1) is 13.0. The van der Waals surface area contributed by atoms with Gasteiger partial charge in [-0.05, 0) is 31.2 Å². The number of rotatable bonds is 4. The Hall–Kier alpha value is -2.96. The van der Waals surface area contributed by atoms with Crippen molar-refractivity contribution in [2.24, 2.45) is 0 Å². The Morgan fingerprint density at radius 2 is 2.05 bits per heavy atom. The summed E-state index contributed by atoms with van der Waals surface area (Å²) in [6.07, 6.45) is 1.75. The highest BCUT2D eigenvalue weighted by atomic mass is 16.5. The van der Waals surface area contributed by atoms with Crippen molar-refractivity contribution in [3.63, 3.8) is 0 Å². The largest absolute Gasteiger partial charge is 0.464 e. The van der Waals surface area contributed by atoms with Crippen LogP contribution in [0.15, 0.2) is 36.5 Å². The highest BCUT2D eigenvalue weighted by Gasteiger charge is 2.07. The van der Waals surface area contributed by atoms with Gasteiger partial charge in [0.05, 0.1) is 17.8 Å². The van der Waals surface area contributed by atoms with Crippen LogP contribution in [-0.2, 0) is 0 Å². The maximum atomic E-state index is 5.66. The first-order chi connectivity index (χ1) is 10.3. The van der Waals surface area contributed by atoms with Crippen LogP contribution in [0.4, 0.5) is 17.6 Å². The van der Waals surface area contributed by atoms with Gasteiger partial charge in [-0.1, -0.05) is 6.07 Å². The lowest BCUT2D eigenvalue weighted by Crippen LogP contribution is -2.06. The molecule has 0 aliphatic rings. The van der Waals surface area contributed by atoms with E-state index in [-0.39, 0.29) is 12.0 Å². The number of ether oxygens (including phenoxy) is 1. The molecule has 3 N–H and O–H groups in total. The van der Waals surface area contributed by atoms with Crippen molar-refractivity contribution >= 4 is 28.5 Å². The number of nitrogens with two attached hydrogens (primary N) is 1. The number of aromatic nitrogens is 4. The first-order valence-electron chi connectivity index (χ1n) is 6.51. The quantitative estimate of drug-likeness (QED) is 0.756. The van der Waals surface area contributed by atoms with Crippen LogP contribution < -0.4 is 15.8 Å². The molecule has 0 bridgehead atoms. The molecule has 106 valence electrons. The monoisotopic (exact) mass is 282 g/mol. The Kier molecular flexibility index (Phi) is 3.46. The first-order valence-corrected chi connectivity index (χ1v) is 6.51. The number of nitrogen functional groups attached to an aromatic ring is 1. The lowest BCUT2D eigenvalue weighted by Gasteiger charge is -2.09. The molecule has 1 aromatic carbocycles. The Labute approximate surface area is 121 Å². The number of fused-ring (bicyclic) bond motifs is 1. The molecule has 3 rings (SSSR count). The van der Waals surface area contributed by atoms with Gasteiger partial charge in [-0.25, -0.2) is 0 Å². The summed E-state index contributed by atoms with van der Waals surface area (Å²) >= 11 is 0. The van der Waals surface area contributed by atoms with Crippen molar-refractivity contribution in [1.29, 1.82) is 0 Å². The van der Waals surface area contributed by atoms with Crippen LogP contribution in [0, 0.1) is 0 Å². The normalized spacial score (nSPS) is 10.5. The summed E-state index contributed by atoms with van der Waals surface area (Å²) in [6.45, 7) is 2.31. The second-order valence-electron chi connectivity index (χ2n) is 4.23. The molecule has 0 fully saturated rings. The summed E-state index contributed by atoms with van der Waals surface area (Å²) in [5, 5.41) is 4.09. The average Bonchev–Trinajstić information content (AvgIpc) is 2.47. The van der Waals surface area contributed by atoms with Gasteiger partial charge >= 0.3 is 6.01 Å².